The van der Waals surface area contributed by atoms with Crippen LogP contribution in [0.5, 0.6) is 5.75 Å². The summed E-state index contributed by atoms with van der Waals surface area (Å²) in [7, 11) is 0. The summed E-state index contributed by atoms with van der Waals surface area (Å²) in [5, 5.41) is 7.23. The highest BCUT2D eigenvalue weighted by molar-refractivity contribution is 9.10. The number of aromatic nitrogens is 2. The Labute approximate surface area is 133 Å². The normalized spacial score (nSPS) is 11.1. The first-order valence-corrected chi connectivity index (χ1v) is 7.84. The lowest BCUT2D eigenvalue weighted by atomic mass is 10.2. The minimum Gasteiger partial charge on any atom is -0.484 e. The fourth-order valence-corrected chi connectivity index (χ4v) is 2.11. The molecule has 1 N–H and O–H groups in total. The van der Waals surface area contributed by atoms with Crippen molar-refractivity contribution in [1.29, 1.82) is 0 Å². The second-order valence-electron chi connectivity index (χ2n) is 5.04. The molecule has 114 valence electrons. The Morgan fingerprint density at radius 2 is 2.19 bits per heavy atom. The third kappa shape index (κ3) is 4.82. The Kier molecular flexibility index (Phi) is 5.76. The van der Waals surface area contributed by atoms with Gasteiger partial charge in [-0.2, -0.15) is 4.98 Å². The van der Waals surface area contributed by atoms with Crippen LogP contribution in [0, 0.1) is 0 Å². The zero-order valence-corrected chi connectivity index (χ0v) is 14.1. The van der Waals surface area contributed by atoms with Crippen molar-refractivity contribution in [3.05, 3.63) is 40.0 Å². The number of rotatable bonds is 7. The number of aryl methyl sites for hydroxylation is 1. The van der Waals surface area contributed by atoms with Gasteiger partial charge in [0, 0.05) is 23.5 Å². The number of nitrogens with zero attached hydrogens (tertiary/aromatic N) is 2. The maximum atomic E-state index is 5.71. The highest BCUT2D eigenvalue weighted by atomic mass is 79.9. The van der Waals surface area contributed by atoms with Crippen LogP contribution in [0.2, 0.25) is 0 Å². The number of ether oxygens (including phenoxy) is 1. The largest absolute Gasteiger partial charge is 0.484 e. The van der Waals surface area contributed by atoms with E-state index in [0.717, 1.165) is 28.8 Å². The lowest BCUT2D eigenvalue weighted by molar-refractivity contribution is 0.242. The highest BCUT2D eigenvalue weighted by Crippen LogP contribution is 2.23. The first kappa shape index (κ1) is 16.0. The molecule has 0 aliphatic rings. The Morgan fingerprint density at radius 3 is 2.86 bits per heavy atom. The molecule has 1 aromatic carbocycles. The van der Waals surface area contributed by atoms with Crippen molar-refractivity contribution in [2.24, 2.45) is 0 Å². The molecule has 2 aromatic rings. The SMILES string of the molecule is CCc1noc(COc2ccc(Br)c(CNC(C)C)c2)n1. The van der Waals surface area contributed by atoms with Crippen molar-refractivity contribution in [2.75, 3.05) is 0 Å². The van der Waals surface area contributed by atoms with Gasteiger partial charge in [0.2, 0.25) is 0 Å². The van der Waals surface area contributed by atoms with E-state index < -0.39 is 0 Å². The molecule has 5 nitrogen and oxygen atoms in total. The average molecular weight is 354 g/mol. The monoisotopic (exact) mass is 353 g/mol. The molecular formula is C15H20BrN3O2. The van der Waals surface area contributed by atoms with E-state index >= 15 is 0 Å². The van der Waals surface area contributed by atoms with Gasteiger partial charge in [-0.25, -0.2) is 0 Å². The predicted molar refractivity (Wildman–Crippen MR) is 84.1 cm³/mol. The molecule has 0 spiro atoms. The Morgan fingerprint density at radius 1 is 1.38 bits per heavy atom. The maximum absolute atomic E-state index is 5.71. The van der Waals surface area contributed by atoms with E-state index in [0.29, 0.717) is 17.8 Å². The Balaban J connectivity index is 1.98. The maximum Gasteiger partial charge on any atom is 0.264 e. The second kappa shape index (κ2) is 7.56. The van der Waals surface area contributed by atoms with E-state index in [-0.39, 0.29) is 6.61 Å². The lowest BCUT2D eigenvalue weighted by Gasteiger charge is -2.11. The molecule has 6 heteroatoms. The first-order valence-electron chi connectivity index (χ1n) is 7.04. The molecule has 0 fully saturated rings. The van der Waals surface area contributed by atoms with Crippen LogP contribution in [0.4, 0.5) is 0 Å². The van der Waals surface area contributed by atoms with Gasteiger partial charge in [0.05, 0.1) is 0 Å². The van der Waals surface area contributed by atoms with E-state index in [4.69, 9.17) is 9.26 Å². The summed E-state index contributed by atoms with van der Waals surface area (Å²) in [6, 6.07) is 6.35. The van der Waals surface area contributed by atoms with Gasteiger partial charge in [-0.15, -0.1) is 0 Å². The minimum atomic E-state index is 0.283. The molecule has 0 aliphatic carbocycles. The average Bonchev–Trinajstić information content (AvgIpc) is 2.93. The van der Waals surface area contributed by atoms with Gasteiger partial charge in [-0.05, 0) is 23.8 Å². The summed E-state index contributed by atoms with van der Waals surface area (Å²) in [5.74, 6) is 1.98. The summed E-state index contributed by atoms with van der Waals surface area (Å²) in [6.45, 7) is 7.30. The van der Waals surface area contributed by atoms with Gasteiger partial charge in [0.15, 0.2) is 12.4 Å². The molecule has 0 saturated carbocycles. The number of nitrogens with one attached hydrogen (secondary N) is 1. The quantitative estimate of drug-likeness (QED) is 0.825. The third-order valence-corrected chi connectivity index (χ3v) is 3.68. The third-order valence-electron chi connectivity index (χ3n) is 2.91. The number of hydrogen-bond donors (Lipinski definition) is 1. The molecule has 0 unspecified atom stereocenters. The molecule has 1 heterocycles. The number of hydrogen-bond acceptors (Lipinski definition) is 5. The van der Waals surface area contributed by atoms with Crippen molar-refractivity contribution in [2.45, 2.75) is 46.4 Å². The van der Waals surface area contributed by atoms with Crippen molar-refractivity contribution in [3.8, 4) is 5.75 Å². The molecule has 2 rings (SSSR count). The molecule has 0 atom stereocenters. The fourth-order valence-electron chi connectivity index (χ4n) is 1.73. The lowest BCUT2D eigenvalue weighted by Crippen LogP contribution is -2.22. The number of halogens is 1. The standard InChI is InChI=1S/C15H20BrN3O2/c1-4-14-18-15(21-19-14)9-20-12-5-6-13(16)11(7-12)8-17-10(2)3/h5-7,10,17H,4,8-9H2,1-3H3. The van der Waals surface area contributed by atoms with Crippen molar-refractivity contribution in [3.63, 3.8) is 0 Å². The van der Waals surface area contributed by atoms with E-state index in [1.807, 2.05) is 25.1 Å². The van der Waals surface area contributed by atoms with Gasteiger partial charge >= 0.3 is 0 Å². The fraction of sp³-hybridized carbons (Fsp3) is 0.467. The van der Waals surface area contributed by atoms with Crippen LogP contribution in [-0.4, -0.2) is 16.2 Å². The van der Waals surface area contributed by atoms with Gasteiger partial charge in [0.1, 0.15) is 5.75 Å². The van der Waals surface area contributed by atoms with Crippen LogP contribution in [0.3, 0.4) is 0 Å². The van der Waals surface area contributed by atoms with Gasteiger partial charge < -0.3 is 14.6 Å². The van der Waals surface area contributed by atoms with E-state index in [1.165, 1.54) is 0 Å². The molecule has 0 amide bonds. The summed E-state index contributed by atoms with van der Waals surface area (Å²) < 4.78 is 11.9. The van der Waals surface area contributed by atoms with Crippen LogP contribution in [0.25, 0.3) is 0 Å². The molecule has 0 bridgehead atoms. The summed E-state index contributed by atoms with van der Waals surface area (Å²) >= 11 is 3.55. The number of benzene rings is 1. The van der Waals surface area contributed by atoms with Gasteiger partial charge in [-0.1, -0.05) is 41.9 Å². The highest BCUT2D eigenvalue weighted by Gasteiger charge is 2.07. The smallest absolute Gasteiger partial charge is 0.264 e. The molecule has 1 aromatic heterocycles. The Hall–Kier alpha value is -1.40. The van der Waals surface area contributed by atoms with Gasteiger partial charge in [0.25, 0.3) is 5.89 Å². The molecular weight excluding hydrogens is 334 g/mol. The van der Waals surface area contributed by atoms with Crippen molar-refractivity contribution >= 4 is 15.9 Å². The van der Waals surface area contributed by atoms with Crippen LogP contribution in [0.15, 0.2) is 27.2 Å². The minimum absolute atomic E-state index is 0.283. The summed E-state index contributed by atoms with van der Waals surface area (Å²) in [5.41, 5.74) is 1.15. The van der Waals surface area contributed by atoms with Crippen molar-refractivity contribution in [1.82, 2.24) is 15.5 Å². The summed E-state index contributed by atoms with van der Waals surface area (Å²) in [6.07, 6.45) is 0.757. The van der Waals surface area contributed by atoms with Crippen molar-refractivity contribution < 1.29 is 9.26 Å². The molecule has 0 saturated heterocycles. The second-order valence-corrected chi connectivity index (χ2v) is 5.89. The summed E-state index contributed by atoms with van der Waals surface area (Å²) in [4.78, 5) is 4.22. The Bertz CT molecular complexity index is 584. The van der Waals surface area contributed by atoms with Crippen LogP contribution in [-0.2, 0) is 19.6 Å². The van der Waals surface area contributed by atoms with Crippen LogP contribution in [0.1, 0.15) is 38.0 Å². The van der Waals surface area contributed by atoms with E-state index in [9.17, 15) is 0 Å². The van der Waals surface area contributed by atoms with Crippen LogP contribution >= 0.6 is 15.9 Å². The van der Waals surface area contributed by atoms with Crippen LogP contribution < -0.4 is 10.1 Å². The van der Waals surface area contributed by atoms with E-state index in [2.05, 4.69) is 45.2 Å². The zero-order valence-electron chi connectivity index (χ0n) is 12.5. The first-order chi connectivity index (χ1) is 10.1. The predicted octanol–water partition coefficient (Wildman–Crippen LogP) is 3.47. The molecule has 0 aliphatic heterocycles. The zero-order chi connectivity index (χ0) is 15.2. The molecule has 21 heavy (non-hydrogen) atoms. The van der Waals surface area contributed by atoms with Gasteiger partial charge in [-0.3, -0.25) is 0 Å². The molecule has 0 radical (unpaired) electrons. The van der Waals surface area contributed by atoms with E-state index in [1.54, 1.807) is 0 Å². The topological polar surface area (TPSA) is 60.2 Å².